The highest BCUT2D eigenvalue weighted by atomic mass is 16.2. The van der Waals surface area contributed by atoms with E-state index < -0.39 is 11.8 Å². The Hall–Kier alpha value is -1.84. The zero-order valence-electron chi connectivity index (χ0n) is 14.7. The third-order valence-electron chi connectivity index (χ3n) is 4.65. The average Bonchev–Trinajstić information content (AvgIpc) is 2.54. The van der Waals surface area contributed by atoms with Crippen LogP contribution in [0.5, 0.6) is 0 Å². The van der Waals surface area contributed by atoms with E-state index in [2.05, 4.69) is 26.1 Å². The molecule has 0 aromatic heterocycles. The summed E-state index contributed by atoms with van der Waals surface area (Å²) < 4.78 is 0. The first-order valence-electron chi connectivity index (χ1n) is 8.48. The van der Waals surface area contributed by atoms with E-state index in [4.69, 9.17) is 0 Å². The number of carbonyl (C=O) groups excluding carboxylic acids is 2. The first-order chi connectivity index (χ1) is 10.8. The quantitative estimate of drug-likeness (QED) is 0.846. The molecule has 0 atom stereocenters. The van der Waals surface area contributed by atoms with Crippen LogP contribution in [0.4, 0.5) is 5.69 Å². The van der Waals surface area contributed by atoms with Crippen LogP contribution in [0.1, 0.15) is 58.4 Å². The van der Waals surface area contributed by atoms with Crippen molar-refractivity contribution in [2.75, 3.05) is 12.4 Å². The molecule has 23 heavy (non-hydrogen) atoms. The number of hydrogen-bond acceptors (Lipinski definition) is 2. The molecule has 0 heterocycles. The van der Waals surface area contributed by atoms with Crippen LogP contribution in [0.3, 0.4) is 0 Å². The maximum absolute atomic E-state index is 12.3. The number of likely N-dealkylation sites (N-methyl/N-ethyl adjacent to an activating group) is 1. The van der Waals surface area contributed by atoms with Gasteiger partial charge >= 0.3 is 11.8 Å². The van der Waals surface area contributed by atoms with Gasteiger partial charge in [0.05, 0.1) is 0 Å². The van der Waals surface area contributed by atoms with Crippen molar-refractivity contribution in [1.82, 2.24) is 4.90 Å². The molecule has 0 aliphatic heterocycles. The number of benzene rings is 1. The average molecular weight is 316 g/mol. The van der Waals surface area contributed by atoms with Crippen LogP contribution in [0.15, 0.2) is 24.3 Å². The molecule has 1 aromatic rings. The van der Waals surface area contributed by atoms with Gasteiger partial charge in [-0.15, -0.1) is 0 Å². The van der Waals surface area contributed by atoms with Crippen LogP contribution in [-0.2, 0) is 15.0 Å². The van der Waals surface area contributed by atoms with E-state index in [9.17, 15) is 9.59 Å². The first kappa shape index (κ1) is 17.5. The molecule has 0 unspecified atom stereocenters. The number of carbonyl (C=O) groups is 2. The lowest BCUT2D eigenvalue weighted by Gasteiger charge is -2.30. The number of nitrogens with zero attached hydrogens (tertiary/aromatic N) is 1. The van der Waals surface area contributed by atoms with Crippen molar-refractivity contribution >= 4 is 17.5 Å². The van der Waals surface area contributed by atoms with Crippen LogP contribution < -0.4 is 5.32 Å². The van der Waals surface area contributed by atoms with Crippen LogP contribution >= 0.6 is 0 Å². The van der Waals surface area contributed by atoms with Gasteiger partial charge in [0.25, 0.3) is 0 Å². The van der Waals surface area contributed by atoms with Crippen molar-refractivity contribution in [2.45, 2.75) is 64.3 Å². The number of hydrogen-bond donors (Lipinski definition) is 1. The van der Waals surface area contributed by atoms with Crippen LogP contribution in [0, 0.1) is 0 Å². The fourth-order valence-electron chi connectivity index (χ4n) is 3.03. The summed E-state index contributed by atoms with van der Waals surface area (Å²) in [7, 11) is 1.74. The molecule has 4 nitrogen and oxygen atoms in total. The maximum atomic E-state index is 12.3. The van der Waals surface area contributed by atoms with E-state index in [-0.39, 0.29) is 11.5 Å². The zero-order chi connectivity index (χ0) is 17.0. The molecular formula is C19H28N2O2. The Kier molecular flexibility index (Phi) is 5.45. The summed E-state index contributed by atoms with van der Waals surface area (Å²) in [4.78, 5) is 26.1. The Labute approximate surface area is 139 Å². The lowest BCUT2D eigenvalue weighted by molar-refractivity contribution is -0.144. The molecule has 1 aromatic carbocycles. The van der Waals surface area contributed by atoms with Gasteiger partial charge in [0.2, 0.25) is 0 Å². The molecule has 0 bridgehead atoms. The monoisotopic (exact) mass is 316 g/mol. The number of amides is 2. The number of nitrogens with one attached hydrogen (secondary N) is 1. The van der Waals surface area contributed by atoms with E-state index in [0.29, 0.717) is 5.69 Å². The SMILES string of the molecule is CN(C(=O)C(=O)Nc1ccc(C(C)(C)C)cc1)C1CCCCC1. The normalized spacial score (nSPS) is 16.0. The molecule has 1 aliphatic carbocycles. The molecule has 0 radical (unpaired) electrons. The van der Waals surface area contributed by atoms with Gasteiger partial charge in [-0.2, -0.15) is 0 Å². The highest BCUT2D eigenvalue weighted by Gasteiger charge is 2.26. The number of rotatable bonds is 2. The molecular weight excluding hydrogens is 288 g/mol. The lowest BCUT2D eigenvalue weighted by Crippen LogP contribution is -2.44. The van der Waals surface area contributed by atoms with Crippen molar-refractivity contribution in [1.29, 1.82) is 0 Å². The van der Waals surface area contributed by atoms with Crippen LogP contribution in [0.2, 0.25) is 0 Å². The van der Waals surface area contributed by atoms with Crippen molar-refractivity contribution in [3.8, 4) is 0 Å². The Morgan fingerprint density at radius 3 is 2.13 bits per heavy atom. The smallest absolute Gasteiger partial charge is 0.313 e. The molecule has 2 amide bonds. The second-order valence-electron chi connectivity index (χ2n) is 7.49. The second kappa shape index (κ2) is 7.16. The fraction of sp³-hybridized carbons (Fsp3) is 0.579. The minimum Gasteiger partial charge on any atom is -0.335 e. The molecule has 1 N–H and O–H groups in total. The Morgan fingerprint density at radius 2 is 1.61 bits per heavy atom. The van der Waals surface area contributed by atoms with Crippen molar-refractivity contribution in [3.05, 3.63) is 29.8 Å². The van der Waals surface area contributed by atoms with Crippen LogP contribution in [-0.4, -0.2) is 29.8 Å². The molecule has 2 rings (SSSR count). The highest BCUT2D eigenvalue weighted by molar-refractivity contribution is 6.39. The van der Waals surface area contributed by atoms with Crippen molar-refractivity contribution < 1.29 is 9.59 Å². The molecule has 4 heteroatoms. The molecule has 0 saturated heterocycles. The third-order valence-corrected chi connectivity index (χ3v) is 4.65. The summed E-state index contributed by atoms with van der Waals surface area (Å²) in [5, 5.41) is 2.71. The highest BCUT2D eigenvalue weighted by Crippen LogP contribution is 2.24. The molecule has 1 fully saturated rings. The Morgan fingerprint density at radius 1 is 1.04 bits per heavy atom. The van der Waals surface area contributed by atoms with Gasteiger partial charge in [-0.3, -0.25) is 9.59 Å². The summed E-state index contributed by atoms with van der Waals surface area (Å²) in [5.41, 5.74) is 1.93. The predicted molar refractivity (Wildman–Crippen MR) is 93.4 cm³/mol. The maximum Gasteiger partial charge on any atom is 0.313 e. The summed E-state index contributed by atoms with van der Waals surface area (Å²) in [6.45, 7) is 6.43. The summed E-state index contributed by atoms with van der Waals surface area (Å²) >= 11 is 0. The Balaban J connectivity index is 1.96. The van der Waals surface area contributed by atoms with E-state index in [1.165, 1.54) is 12.0 Å². The number of anilines is 1. The zero-order valence-corrected chi connectivity index (χ0v) is 14.7. The third kappa shape index (κ3) is 4.57. The molecule has 0 spiro atoms. The topological polar surface area (TPSA) is 49.4 Å². The van der Waals surface area contributed by atoms with E-state index in [0.717, 1.165) is 25.7 Å². The minimum absolute atomic E-state index is 0.0690. The molecule has 126 valence electrons. The second-order valence-corrected chi connectivity index (χ2v) is 7.49. The van der Waals surface area contributed by atoms with Gasteiger partial charge in [0, 0.05) is 18.8 Å². The van der Waals surface area contributed by atoms with E-state index >= 15 is 0 Å². The minimum atomic E-state index is -0.554. The summed E-state index contributed by atoms with van der Waals surface area (Å²) in [6.07, 6.45) is 5.49. The predicted octanol–water partition coefficient (Wildman–Crippen LogP) is 3.71. The summed E-state index contributed by atoms with van der Waals surface area (Å²) in [5.74, 6) is -1.00. The van der Waals surface area contributed by atoms with Crippen LogP contribution in [0.25, 0.3) is 0 Å². The fourth-order valence-corrected chi connectivity index (χ4v) is 3.03. The summed E-state index contributed by atoms with van der Waals surface area (Å²) in [6, 6.07) is 7.89. The standard InChI is InChI=1S/C19H28N2O2/c1-19(2,3)14-10-12-15(13-11-14)20-17(22)18(23)21(4)16-8-6-5-7-9-16/h10-13,16H,5-9H2,1-4H3,(H,20,22). The van der Waals surface area contributed by atoms with Gasteiger partial charge in [-0.05, 0) is 36.0 Å². The van der Waals surface area contributed by atoms with Gasteiger partial charge < -0.3 is 10.2 Å². The van der Waals surface area contributed by atoms with E-state index in [1.807, 2.05) is 24.3 Å². The molecule has 1 aliphatic rings. The molecule has 1 saturated carbocycles. The van der Waals surface area contributed by atoms with Gasteiger partial charge in [-0.25, -0.2) is 0 Å². The van der Waals surface area contributed by atoms with Crippen molar-refractivity contribution in [3.63, 3.8) is 0 Å². The van der Waals surface area contributed by atoms with Crippen molar-refractivity contribution in [2.24, 2.45) is 0 Å². The van der Waals surface area contributed by atoms with Gasteiger partial charge in [-0.1, -0.05) is 52.2 Å². The van der Waals surface area contributed by atoms with Gasteiger partial charge in [0.15, 0.2) is 0 Å². The first-order valence-corrected chi connectivity index (χ1v) is 8.48. The Bertz CT molecular complexity index is 552. The largest absolute Gasteiger partial charge is 0.335 e. The van der Waals surface area contributed by atoms with Gasteiger partial charge in [0.1, 0.15) is 0 Å². The van der Waals surface area contributed by atoms with E-state index in [1.54, 1.807) is 11.9 Å². The lowest BCUT2D eigenvalue weighted by atomic mass is 9.87.